The standard InChI is InChI=1S/C38H42OS/c1-6-9-11-20-33(25-32-19-15-14-16-27(32)4)30(8-3)23-29(7-2)24-35-28(5)40-37-22-21-34(26-36(35)37)38(39)31-17-12-10-13-18-31/h6-7,9-14,16-18,20-22,24,30,36H,1,5,8,15,19,23,25-26H2,2-4H3/b11-9-,29-7-,33-20+,35-24+/t30-,36?/m1/s1. The van der Waals surface area contributed by atoms with Gasteiger partial charge in [-0.25, -0.2) is 0 Å². The van der Waals surface area contributed by atoms with Gasteiger partial charge in [0.05, 0.1) is 0 Å². The van der Waals surface area contributed by atoms with E-state index < -0.39 is 0 Å². The normalized spacial score (nSPS) is 21.5. The van der Waals surface area contributed by atoms with Crippen LogP contribution in [-0.4, -0.2) is 5.78 Å². The molecule has 1 unspecified atom stereocenters. The van der Waals surface area contributed by atoms with Crippen molar-refractivity contribution in [3.05, 3.63) is 153 Å². The lowest BCUT2D eigenvalue weighted by molar-refractivity contribution is 0.102. The minimum absolute atomic E-state index is 0.125. The smallest absolute Gasteiger partial charge is 0.189 e. The van der Waals surface area contributed by atoms with Gasteiger partial charge in [-0.15, -0.1) is 0 Å². The summed E-state index contributed by atoms with van der Waals surface area (Å²) in [4.78, 5) is 15.6. The maximum Gasteiger partial charge on any atom is 0.189 e. The molecule has 1 nitrogen and oxygen atoms in total. The molecular formula is C38H42OS. The minimum Gasteiger partial charge on any atom is -0.289 e. The van der Waals surface area contributed by atoms with Crippen LogP contribution in [0.15, 0.2) is 147 Å². The highest BCUT2D eigenvalue weighted by molar-refractivity contribution is 8.07. The Labute approximate surface area is 245 Å². The molecular weight excluding hydrogens is 504 g/mol. The van der Waals surface area contributed by atoms with Crippen molar-refractivity contribution >= 4 is 17.5 Å². The number of ketones is 1. The van der Waals surface area contributed by atoms with Gasteiger partial charge in [-0.2, -0.15) is 0 Å². The molecule has 1 aliphatic heterocycles. The third-order valence-corrected chi connectivity index (χ3v) is 9.35. The lowest BCUT2D eigenvalue weighted by atomic mass is 9.81. The Balaban J connectivity index is 1.56. The quantitative estimate of drug-likeness (QED) is 0.203. The zero-order valence-corrected chi connectivity index (χ0v) is 25.1. The van der Waals surface area contributed by atoms with Crippen LogP contribution in [0.1, 0.15) is 69.7 Å². The van der Waals surface area contributed by atoms with Crippen molar-refractivity contribution in [3.63, 3.8) is 0 Å². The lowest BCUT2D eigenvalue weighted by Crippen LogP contribution is -2.12. The first kappa shape index (κ1) is 29.6. The summed E-state index contributed by atoms with van der Waals surface area (Å²) < 4.78 is 0. The average Bonchev–Trinajstić information content (AvgIpc) is 3.29. The summed E-state index contributed by atoms with van der Waals surface area (Å²) in [6.07, 6.45) is 27.7. The van der Waals surface area contributed by atoms with Crippen molar-refractivity contribution in [2.45, 2.75) is 59.3 Å². The molecule has 2 aliphatic carbocycles. The average molecular weight is 547 g/mol. The van der Waals surface area contributed by atoms with Crippen molar-refractivity contribution in [3.8, 4) is 0 Å². The minimum atomic E-state index is 0.125. The predicted molar refractivity (Wildman–Crippen MR) is 175 cm³/mol. The fourth-order valence-corrected chi connectivity index (χ4v) is 6.85. The Kier molecular flexibility index (Phi) is 10.6. The molecule has 0 bridgehead atoms. The molecule has 1 aromatic carbocycles. The summed E-state index contributed by atoms with van der Waals surface area (Å²) in [5.41, 5.74) is 8.68. The van der Waals surface area contributed by atoms with Crippen molar-refractivity contribution in [2.24, 2.45) is 11.8 Å². The van der Waals surface area contributed by atoms with Gasteiger partial charge in [0.25, 0.3) is 0 Å². The third-order valence-electron chi connectivity index (χ3n) is 8.21. The van der Waals surface area contributed by atoms with Gasteiger partial charge in [0.1, 0.15) is 0 Å². The number of carbonyl (C=O) groups excluding carboxylic acids is 1. The van der Waals surface area contributed by atoms with Crippen LogP contribution in [0.4, 0.5) is 0 Å². The number of thioether (sulfide) groups is 1. The lowest BCUT2D eigenvalue weighted by Gasteiger charge is -2.24. The highest BCUT2D eigenvalue weighted by Gasteiger charge is 2.34. The van der Waals surface area contributed by atoms with Crippen LogP contribution >= 0.6 is 11.8 Å². The molecule has 1 saturated heterocycles. The molecule has 4 rings (SSSR count). The topological polar surface area (TPSA) is 17.1 Å². The van der Waals surface area contributed by atoms with Crippen LogP contribution < -0.4 is 0 Å². The summed E-state index contributed by atoms with van der Waals surface area (Å²) in [5.74, 6) is 0.773. The molecule has 0 spiro atoms. The Morgan fingerprint density at radius 3 is 2.67 bits per heavy atom. The highest BCUT2D eigenvalue weighted by atomic mass is 32.2. The second-order valence-corrected chi connectivity index (χ2v) is 11.9. The Morgan fingerprint density at radius 1 is 1.18 bits per heavy atom. The highest BCUT2D eigenvalue weighted by Crippen LogP contribution is 2.52. The van der Waals surface area contributed by atoms with E-state index in [-0.39, 0.29) is 11.7 Å². The first-order chi connectivity index (χ1) is 19.4. The maximum absolute atomic E-state index is 13.2. The van der Waals surface area contributed by atoms with Crippen LogP contribution in [0.2, 0.25) is 0 Å². The predicted octanol–water partition coefficient (Wildman–Crippen LogP) is 11.0. The van der Waals surface area contributed by atoms with E-state index in [1.807, 2.05) is 48.6 Å². The van der Waals surface area contributed by atoms with Gasteiger partial charge in [0, 0.05) is 22.0 Å². The molecule has 0 amide bonds. The van der Waals surface area contributed by atoms with Crippen LogP contribution in [0.5, 0.6) is 0 Å². The van der Waals surface area contributed by atoms with Crippen LogP contribution in [0.25, 0.3) is 0 Å². The van der Waals surface area contributed by atoms with Crippen molar-refractivity contribution in [2.75, 3.05) is 0 Å². The van der Waals surface area contributed by atoms with E-state index in [9.17, 15) is 4.79 Å². The van der Waals surface area contributed by atoms with E-state index >= 15 is 0 Å². The molecule has 40 heavy (non-hydrogen) atoms. The SMILES string of the molecule is C=C/C=C\C=C(/CC1=C(C)C=CCC1)[C@H](CC)CC(=C/C)/C=C1\C(=C)SC2=CC=C(C(=O)c3ccccc3)CC21. The molecule has 206 valence electrons. The summed E-state index contributed by atoms with van der Waals surface area (Å²) in [5, 5.41) is 0. The first-order valence-electron chi connectivity index (χ1n) is 14.5. The second-order valence-electron chi connectivity index (χ2n) is 10.8. The number of carbonyl (C=O) groups is 1. The van der Waals surface area contributed by atoms with Crippen molar-refractivity contribution in [1.82, 2.24) is 0 Å². The van der Waals surface area contributed by atoms with Crippen molar-refractivity contribution in [1.29, 1.82) is 0 Å². The number of benzene rings is 1. The summed E-state index contributed by atoms with van der Waals surface area (Å²) >= 11 is 1.76. The van der Waals surface area contributed by atoms with Gasteiger partial charge in [0.2, 0.25) is 0 Å². The molecule has 2 atom stereocenters. The van der Waals surface area contributed by atoms with Gasteiger partial charge < -0.3 is 0 Å². The summed E-state index contributed by atoms with van der Waals surface area (Å²) in [7, 11) is 0. The molecule has 0 radical (unpaired) electrons. The van der Waals surface area contributed by atoms with Gasteiger partial charge in [0.15, 0.2) is 5.78 Å². The maximum atomic E-state index is 13.2. The van der Waals surface area contributed by atoms with E-state index in [2.05, 4.69) is 76.5 Å². The van der Waals surface area contributed by atoms with E-state index in [0.29, 0.717) is 5.92 Å². The molecule has 0 saturated carbocycles. The van der Waals surface area contributed by atoms with Gasteiger partial charge in [-0.05, 0) is 68.8 Å². The monoisotopic (exact) mass is 546 g/mol. The van der Waals surface area contributed by atoms with E-state index in [0.717, 1.165) is 54.6 Å². The molecule has 1 fully saturated rings. The fraction of sp³-hybridized carbons (Fsp3) is 0.289. The van der Waals surface area contributed by atoms with Gasteiger partial charge in [-0.3, -0.25) is 4.79 Å². The van der Waals surface area contributed by atoms with E-state index in [1.54, 1.807) is 17.3 Å². The molecule has 1 heterocycles. The number of Topliss-reactive ketones (excluding diaryl/α,β-unsaturated/α-hetero) is 1. The number of allylic oxidation sites excluding steroid dienone is 17. The molecule has 3 aliphatic rings. The number of hydrogen-bond donors (Lipinski definition) is 0. The van der Waals surface area contributed by atoms with Gasteiger partial charge >= 0.3 is 0 Å². The Morgan fingerprint density at radius 2 is 1.98 bits per heavy atom. The number of rotatable bonds is 11. The number of fused-ring (bicyclic) bond motifs is 1. The van der Waals surface area contributed by atoms with E-state index in [1.165, 1.54) is 27.2 Å². The Bertz CT molecular complexity index is 1380. The fourth-order valence-electron chi connectivity index (χ4n) is 5.76. The zero-order chi connectivity index (χ0) is 28.5. The molecule has 0 aromatic heterocycles. The largest absolute Gasteiger partial charge is 0.289 e. The van der Waals surface area contributed by atoms with Crippen LogP contribution in [-0.2, 0) is 0 Å². The third kappa shape index (κ3) is 7.23. The van der Waals surface area contributed by atoms with E-state index in [4.69, 9.17) is 0 Å². The second kappa shape index (κ2) is 14.3. The summed E-state index contributed by atoms with van der Waals surface area (Å²) in [6, 6.07) is 9.61. The van der Waals surface area contributed by atoms with Crippen molar-refractivity contribution < 1.29 is 4.79 Å². The molecule has 2 heteroatoms. The van der Waals surface area contributed by atoms with Gasteiger partial charge in [-0.1, -0.05) is 145 Å². The molecule has 1 aromatic rings. The summed E-state index contributed by atoms with van der Waals surface area (Å²) in [6.45, 7) is 15.0. The Hall–Kier alpha value is -3.36. The molecule has 0 N–H and O–H groups in total. The number of hydrogen-bond acceptors (Lipinski definition) is 2. The first-order valence-corrected chi connectivity index (χ1v) is 15.3. The zero-order valence-electron chi connectivity index (χ0n) is 24.3. The van der Waals surface area contributed by atoms with Crippen LogP contribution in [0.3, 0.4) is 0 Å². The van der Waals surface area contributed by atoms with Crippen LogP contribution in [0, 0.1) is 11.8 Å².